The third-order valence-electron chi connectivity index (χ3n) is 4.59. The van der Waals surface area contributed by atoms with Gasteiger partial charge in [0, 0.05) is 6.54 Å². The predicted molar refractivity (Wildman–Crippen MR) is 69.4 cm³/mol. The van der Waals surface area contributed by atoms with Gasteiger partial charge in [0.15, 0.2) is 0 Å². The number of nitrogens with two attached hydrogens (primary N) is 1. The van der Waals surface area contributed by atoms with E-state index in [1.54, 1.807) is 0 Å². The van der Waals surface area contributed by atoms with Crippen molar-refractivity contribution in [3.05, 3.63) is 0 Å². The van der Waals surface area contributed by atoms with Gasteiger partial charge in [-0.2, -0.15) is 0 Å². The molecule has 0 radical (unpaired) electrons. The Morgan fingerprint density at radius 2 is 2.06 bits per heavy atom. The molecule has 2 nitrogen and oxygen atoms in total. The van der Waals surface area contributed by atoms with Crippen LogP contribution in [0.1, 0.15) is 51.9 Å². The molecule has 1 heterocycles. The molecule has 2 N–H and O–H groups in total. The van der Waals surface area contributed by atoms with Gasteiger partial charge in [0.2, 0.25) is 0 Å². The normalized spacial score (nSPS) is 30.0. The molecule has 0 aromatic carbocycles. The largest absolute Gasteiger partial charge is 0.330 e. The molecule has 1 saturated heterocycles. The summed E-state index contributed by atoms with van der Waals surface area (Å²) in [5.41, 5.74) is 6.41. The summed E-state index contributed by atoms with van der Waals surface area (Å²) in [6.07, 6.45) is 9.84. The van der Waals surface area contributed by atoms with Crippen LogP contribution in [0.4, 0.5) is 0 Å². The van der Waals surface area contributed by atoms with Gasteiger partial charge in [-0.05, 0) is 63.1 Å². The lowest BCUT2D eigenvalue weighted by molar-refractivity contribution is 0.226. The van der Waals surface area contributed by atoms with Gasteiger partial charge in [0.05, 0.1) is 0 Å². The van der Waals surface area contributed by atoms with Crippen LogP contribution in [0.3, 0.4) is 0 Å². The molecule has 1 saturated carbocycles. The van der Waals surface area contributed by atoms with E-state index in [1.807, 2.05) is 0 Å². The minimum atomic E-state index is 0.532. The predicted octanol–water partition coefficient (Wildman–Crippen LogP) is 2.63. The lowest BCUT2D eigenvalue weighted by atomic mass is 9.96. The zero-order valence-electron chi connectivity index (χ0n) is 10.9. The second-order valence-electron chi connectivity index (χ2n) is 6.07. The molecule has 1 aliphatic heterocycles. The van der Waals surface area contributed by atoms with Crippen molar-refractivity contribution in [2.45, 2.75) is 51.9 Å². The fourth-order valence-electron chi connectivity index (χ4n) is 3.16. The van der Waals surface area contributed by atoms with E-state index in [-0.39, 0.29) is 0 Å². The molecule has 2 heteroatoms. The van der Waals surface area contributed by atoms with Crippen molar-refractivity contribution in [1.29, 1.82) is 0 Å². The van der Waals surface area contributed by atoms with E-state index in [4.69, 9.17) is 5.73 Å². The van der Waals surface area contributed by atoms with Crippen molar-refractivity contribution in [2.24, 2.45) is 17.1 Å². The molecule has 16 heavy (non-hydrogen) atoms. The Kier molecular flexibility index (Phi) is 4.26. The smallest absolute Gasteiger partial charge is 0.00501 e. The average molecular weight is 224 g/mol. The van der Waals surface area contributed by atoms with E-state index >= 15 is 0 Å². The van der Waals surface area contributed by atoms with E-state index < -0.39 is 0 Å². The molecule has 1 atom stereocenters. The Morgan fingerprint density at radius 1 is 1.25 bits per heavy atom. The van der Waals surface area contributed by atoms with Gasteiger partial charge in [-0.1, -0.05) is 19.8 Å². The molecule has 2 rings (SSSR count). The molecule has 94 valence electrons. The molecular weight excluding hydrogens is 196 g/mol. The first kappa shape index (κ1) is 12.4. The van der Waals surface area contributed by atoms with Crippen LogP contribution in [0.5, 0.6) is 0 Å². The standard InChI is InChI=1S/C14H28N2/c1-2-4-13-5-3-9-16(10-6-13)12-14(11-15)7-8-14/h13H,2-12,15H2,1H3. The number of hydrogen-bond acceptors (Lipinski definition) is 2. The summed E-state index contributed by atoms with van der Waals surface area (Å²) in [7, 11) is 0. The molecule has 0 spiro atoms. The molecule has 2 fully saturated rings. The quantitative estimate of drug-likeness (QED) is 0.778. The highest BCUT2D eigenvalue weighted by atomic mass is 15.1. The van der Waals surface area contributed by atoms with Crippen LogP contribution < -0.4 is 5.73 Å². The maximum atomic E-state index is 5.87. The second-order valence-corrected chi connectivity index (χ2v) is 6.07. The van der Waals surface area contributed by atoms with Crippen LogP contribution in [0.25, 0.3) is 0 Å². The van der Waals surface area contributed by atoms with Crippen LogP contribution in [0, 0.1) is 11.3 Å². The van der Waals surface area contributed by atoms with Crippen LogP contribution in [0.15, 0.2) is 0 Å². The molecule has 0 bridgehead atoms. The molecule has 1 aliphatic carbocycles. The molecule has 1 unspecified atom stereocenters. The summed E-state index contributed by atoms with van der Waals surface area (Å²) in [6, 6.07) is 0. The molecule has 0 aromatic heterocycles. The van der Waals surface area contributed by atoms with E-state index in [0.29, 0.717) is 5.41 Å². The van der Waals surface area contributed by atoms with Crippen molar-refractivity contribution in [3.63, 3.8) is 0 Å². The minimum Gasteiger partial charge on any atom is -0.330 e. The van der Waals surface area contributed by atoms with Crippen LogP contribution >= 0.6 is 0 Å². The number of likely N-dealkylation sites (tertiary alicyclic amines) is 1. The number of nitrogens with zero attached hydrogens (tertiary/aromatic N) is 1. The Hall–Kier alpha value is -0.0800. The fraction of sp³-hybridized carbons (Fsp3) is 1.00. The van der Waals surface area contributed by atoms with Gasteiger partial charge in [-0.3, -0.25) is 0 Å². The van der Waals surface area contributed by atoms with Gasteiger partial charge in [0.25, 0.3) is 0 Å². The molecule has 2 aliphatic rings. The Morgan fingerprint density at radius 3 is 2.69 bits per heavy atom. The van der Waals surface area contributed by atoms with Crippen molar-refractivity contribution in [2.75, 3.05) is 26.2 Å². The first-order valence-corrected chi connectivity index (χ1v) is 7.20. The van der Waals surface area contributed by atoms with Crippen molar-refractivity contribution < 1.29 is 0 Å². The summed E-state index contributed by atoms with van der Waals surface area (Å²) < 4.78 is 0. The molecule has 0 aromatic rings. The van der Waals surface area contributed by atoms with E-state index in [9.17, 15) is 0 Å². The van der Waals surface area contributed by atoms with E-state index in [1.165, 1.54) is 64.6 Å². The van der Waals surface area contributed by atoms with Crippen LogP contribution in [0.2, 0.25) is 0 Å². The van der Waals surface area contributed by atoms with Crippen molar-refractivity contribution in [3.8, 4) is 0 Å². The molecular formula is C14H28N2. The lowest BCUT2D eigenvalue weighted by Crippen LogP contribution is -2.35. The first-order valence-electron chi connectivity index (χ1n) is 7.20. The highest BCUT2D eigenvalue weighted by molar-refractivity contribution is 4.96. The van der Waals surface area contributed by atoms with Gasteiger partial charge < -0.3 is 10.6 Å². The maximum absolute atomic E-state index is 5.87. The Balaban J connectivity index is 1.75. The third-order valence-corrected chi connectivity index (χ3v) is 4.59. The number of rotatable bonds is 5. The highest BCUT2D eigenvalue weighted by Crippen LogP contribution is 2.45. The van der Waals surface area contributed by atoms with Crippen LogP contribution in [-0.4, -0.2) is 31.1 Å². The summed E-state index contributed by atoms with van der Waals surface area (Å²) in [5, 5.41) is 0. The first-order chi connectivity index (χ1) is 7.78. The maximum Gasteiger partial charge on any atom is 0.00501 e. The zero-order valence-corrected chi connectivity index (χ0v) is 10.9. The average Bonchev–Trinajstić information content (AvgIpc) is 3.07. The van der Waals surface area contributed by atoms with Gasteiger partial charge in [-0.25, -0.2) is 0 Å². The third kappa shape index (κ3) is 3.21. The van der Waals surface area contributed by atoms with E-state index in [0.717, 1.165) is 12.5 Å². The summed E-state index contributed by atoms with van der Waals surface area (Å²) in [6.45, 7) is 7.15. The number of hydrogen-bond donors (Lipinski definition) is 1. The van der Waals surface area contributed by atoms with Crippen molar-refractivity contribution in [1.82, 2.24) is 4.90 Å². The van der Waals surface area contributed by atoms with Gasteiger partial charge >= 0.3 is 0 Å². The van der Waals surface area contributed by atoms with Gasteiger partial charge in [-0.15, -0.1) is 0 Å². The monoisotopic (exact) mass is 224 g/mol. The topological polar surface area (TPSA) is 29.3 Å². The Labute approximate surface area is 101 Å². The van der Waals surface area contributed by atoms with Gasteiger partial charge in [0.1, 0.15) is 0 Å². The summed E-state index contributed by atoms with van der Waals surface area (Å²) in [4.78, 5) is 2.69. The Bertz CT molecular complexity index is 211. The SMILES string of the molecule is CCCC1CCCN(CC2(CN)CC2)CC1. The van der Waals surface area contributed by atoms with Crippen molar-refractivity contribution >= 4 is 0 Å². The van der Waals surface area contributed by atoms with Crippen LogP contribution in [-0.2, 0) is 0 Å². The highest BCUT2D eigenvalue weighted by Gasteiger charge is 2.42. The van der Waals surface area contributed by atoms with E-state index in [2.05, 4.69) is 11.8 Å². The fourth-order valence-corrected chi connectivity index (χ4v) is 3.16. The summed E-state index contributed by atoms with van der Waals surface area (Å²) in [5.74, 6) is 1.00. The summed E-state index contributed by atoms with van der Waals surface area (Å²) >= 11 is 0. The second kappa shape index (κ2) is 5.50. The molecule has 0 amide bonds. The lowest BCUT2D eigenvalue weighted by Gasteiger charge is -2.25. The minimum absolute atomic E-state index is 0.532. The zero-order chi connectivity index (χ0) is 11.4.